The van der Waals surface area contributed by atoms with E-state index in [0.717, 1.165) is 19.3 Å². The Morgan fingerprint density at radius 3 is 0.873 bits per heavy atom. The summed E-state index contributed by atoms with van der Waals surface area (Å²) in [7, 11) is 0. The Hall–Kier alpha value is -1.40. The van der Waals surface area contributed by atoms with E-state index >= 15 is 0 Å². The SMILES string of the molecule is CCCCCCCCCCCCCCCCCCCCC/C=C/CCCCCCCCCCCCCCCCCCCCCCCCCCCCCCCCCC1CC(=O)OCC(CO)(CO)COC1=O. The lowest BCUT2D eigenvalue weighted by atomic mass is 9.92. The summed E-state index contributed by atoms with van der Waals surface area (Å²) in [6.07, 6.45) is 78.7. The Labute approximate surface area is 443 Å². The molecular formula is C65H124O6. The maximum atomic E-state index is 12.5. The van der Waals surface area contributed by atoms with E-state index in [1.165, 1.54) is 315 Å². The Morgan fingerprint density at radius 1 is 0.366 bits per heavy atom. The summed E-state index contributed by atoms with van der Waals surface area (Å²) in [4.78, 5) is 24.7. The van der Waals surface area contributed by atoms with Crippen molar-refractivity contribution in [1.29, 1.82) is 0 Å². The molecule has 6 nitrogen and oxygen atoms in total. The number of carbonyl (C=O) groups excluding carboxylic acids is 2. The minimum atomic E-state index is -1.12. The normalized spacial score (nSPS) is 15.3. The molecule has 0 radical (unpaired) electrons. The quantitative estimate of drug-likeness (QED) is 0.0358. The van der Waals surface area contributed by atoms with Gasteiger partial charge in [-0.3, -0.25) is 9.59 Å². The molecule has 1 aliphatic rings. The van der Waals surface area contributed by atoms with Crippen LogP contribution < -0.4 is 0 Å². The lowest BCUT2D eigenvalue weighted by molar-refractivity contribution is -0.155. The maximum Gasteiger partial charge on any atom is 0.309 e. The molecule has 0 saturated carbocycles. The molecule has 1 rings (SSSR count). The summed E-state index contributed by atoms with van der Waals surface area (Å²) in [5.74, 6) is -1.40. The molecule has 1 atom stereocenters. The highest BCUT2D eigenvalue weighted by atomic mass is 16.6. The summed E-state index contributed by atoms with van der Waals surface area (Å²) >= 11 is 0. The van der Waals surface area contributed by atoms with Crippen LogP contribution in [0.25, 0.3) is 0 Å². The zero-order valence-corrected chi connectivity index (χ0v) is 47.8. The van der Waals surface area contributed by atoms with Crippen LogP contribution in [0.2, 0.25) is 0 Å². The van der Waals surface area contributed by atoms with Gasteiger partial charge in [-0.2, -0.15) is 0 Å². The van der Waals surface area contributed by atoms with Crippen molar-refractivity contribution in [3.05, 3.63) is 12.2 Å². The van der Waals surface area contributed by atoms with Crippen molar-refractivity contribution < 1.29 is 29.3 Å². The fraction of sp³-hybridized carbons (Fsp3) is 0.938. The van der Waals surface area contributed by atoms with Crippen LogP contribution >= 0.6 is 0 Å². The van der Waals surface area contributed by atoms with E-state index in [1.54, 1.807) is 0 Å². The summed E-state index contributed by atoms with van der Waals surface area (Å²) < 4.78 is 10.6. The first-order valence-corrected chi connectivity index (χ1v) is 32.3. The predicted molar refractivity (Wildman–Crippen MR) is 306 cm³/mol. The van der Waals surface area contributed by atoms with Gasteiger partial charge in [0.15, 0.2) is 0 Å². The number of cyclic esters (lactones) is 2. The fourth-order valence-corrected chi connectivity index (χ4v) is 10.8. The van der Waals surface area contributed by atoms with Crippen LogP contribution in [-0.2, 0) is 19.1 Å². The van der Waals surface area contributed by atoms with Crippen molar-refractivity contribution in [2.75, 3.05) is 26.4 Å². The molecule has 0 amide bonds. The van der Waals surface area contributed by atoms with E-state index < -0.39 is 36.5 Å². The molecule has 1 fully saturated rings. The molecule has 420 valence electrons. The second-order valence-corrected chi connectivity index (χ2v) is 23.1. The molecule has 0 aliphatic carbocycles. The molecule has 1 saturated heterocycles. The fourth-order valence-electron chi connectivity index (χ4n) is 10.8. The molecule has 71 heavy (non-hydrogen) atoms. The van der Waals surface area contributed by atoms with Crippen LogP contribution in [0, 0.1) is 11.3 Å². The molecular weight excluding hydrogens is 877 g/mol. The van der Waals surface area contributed by atoms with Gasteiger partial charge in [0, 0.05) is 0 Å². The molecule has 0 aromatic heterocycles. The number of aliphatic hydroxyl groups is 2. The van der Waals surface area contributed by atoms with Gasteiger partial charge >= 0.3 is 11.9 Å². The Morgan fingerprint density at radius 2 is 0.606 bits per heavy atom. The number of aliphatic hydroxyl groups excluding tert-OH is 2. The molecule has 2 N–H and O–H groups in total. The lowest BCUT2D eigenvalue weighted by Crippen LogP contribution is -2.40. The standard InChI is InChI=1S/C65H124O6/c1-2-3-4-5-6-7-8-9-10-11-12-13-14-15-16-17-18-19-20-21-22-23-24-25-26-27-28-29-30-31-32-33-34-35-36-37-38-39-40-41-42-43-44-45-46-47-48-49-50-51-52-53-54-55-56-62-57-63(68)70-60-65(58-66,59-67)61-71-64(62)69/h22-23,62,66-67H,2-21,24-61H2,1H3/b23-22+. The van der Waals surface area contributed by atoms with Crippen molar-refractivity contribution in [3.8, 4) is 0 Å². The summed E-state index contributed by atoms with van der Waals surface area (Å²) in [6, 6.07) is 0. The number of unbranched alkanes of at least 4 members (excludes halogenated alkanes) is 50. The van der Waals surface area contributed by atoms with Crippen molar-refractivity contribution in [2.45, 2.75) is 354 Å². The zero-order valence-electron chi connectivity index (χ0n) is 47.8. The van der Waals surface area contributed by atoms with Gasteiger partial charge in [-0.1, -0.05) is 327 Å². The monoisotopic (exact) mass is 1000 g/mol. The largest absolute Gasteiger partial charge is 0.465 e. The van der Waals surface area contributed by atoms with E-state index in [4.69, 9.17) is 9.47 Å². The maximum absolute atomic E-state index is 12.5. The van der Waals surface area contributed by atoms with Crippen LogP contribution in [0.3, 0.4) is 0 Å². The van der Waals surface area contributed by atoms with Crippen molar-refractivity contribution in [1.82, 2.24) is 0 Å². The third-order valence-corrected chi connectivity index (χ3v) is 16.0. The van der Waals surface area contributed by atoms with E-state index in [1.807, 2.05) is 0 Å². The van der Waals surface area contributed by atoms with Gasteiger partial charge in [-0.15, -0.1) is 0 Å². The van der Waals surface area contributed by atoms with E-state index in [-0.39, 0.29) is 19.6 Å². The number of carbonyl (C=O) groups is 2. The van der Waals surface area contributed by atoms with Crippen LogP contribution in [0.4, 0.5) is 0 Å². The average Bonchev–Trinajstić information content (AvgIpc) is 3.44. The van der Waals surface area contributed by atoms with Crippen LogP contribution in [-0.4, -0.2) is 48.6 Å². The second kappa shape index (κ2) is 54.8. The molecule has 6 heteroatoms. The van der Waals surface area contributed by atoms with Crippen molar-refractivity contribution in [2.24, 2.45) is 11.3 Å². The van der Waals surface area contributed by atoms with Crippen molar-refractivity contribution in [3.63, 3.8) is 0 Å². The van der Waals surface area contributed by atoms with Crippen LogP contribution in [0.5, 0.6) is 0 Å². The summed E-state index contributed by atoms with van der Waals surface area (Å²) in [6.45, 7) is 1.21. The average molecular weight is 1000 g/mol. The summed E-state index contributed by atoms with van der Waals surface area (Å²) in [5, 5.41) is 19.2. The second-order valence-electron chi connectivity index (χ2n) is 23.1. The van der Waals surface area contributed by atoms with Crippen LogP contribution in [0.15, 0.2) is 12.2 Å². The number of ether oxygens (including phenoxy) is 2. The molecule has 1 unspecified atom stereocenters. The minimum Gasteiger partial charge on any atom is -0.465 e. The highest BCUT2D eigenvalue weighted by Gasteiger charge is 2.36. The van der Waals surface area contributed by atoms with Crippen molar-refractivity contribution >= 4 is 11.9 Å². The first-order valence-electron chi connectivity index (χ1n) is 32.3. The first-order chi connectivity index (χ1) is 35.1. The highest BCUT2D eigenvalue weighted by molar-refractivity contribution is 5.80. The van der Waals surface area contributed by atoms with Gasteiger partial charge in [0.25, 0.3) is 0 Å². The Kier molecular flexibility index (Phi) is 52.2. The molecule has 0 aromatic carbocycles. The summed E-state index contributed by atoms with van der Waals surface area (Å²) in [5.41, 5.74) is -1.12. The molecule has 1 heterocycles. The zero-order chi connectivity index (χ0) is 51.1. The highest BCUT2D eigenvalue weighted by Crippen LogP contribution is 2.25. The van der Waals surface area contributed by atoms with Gasteiger partial charge < -0.3 is 19.7 Å². The first kappa shape index (κ1) is 67.6. The van der Waals surface area contributed by atoms with E-state index in [0.29, 0.717) is 6.42 Å². The van der Waals surface area contributed by atoms with Crippen LogP contribution in [0.1, 0.15) is 354 Å². The number of rotatable bonds is 56. The Bertz CT molecular complexity index is 1120. The van der Waals surface area contributed by atoms with E-state index in [2.05, 4.69) is 19.1 Å². The van der Waals surface area contributed by atoms with Gasteiger partial charge in [-0.05, 0) is 32.1 Å². The third-order valence-electron chi connectivity index (χ3n) is 16.0. The van der Waals surface area contributed by atoms with Gasteiger partial charge in [0.2, 0.25) is 0 Å². The van der Waals surface area contributed by atoms with Gasteiger partial charge in [0.1, 0.15) is 13.2 Å². The lowest BCUT2D eigenvalue weighted by Gasteiger charge is -2.27. The number of esters is 2. The third kappa shape index (κ3) is 46.8. The number of hydrogen-bond donors (Lipinski definition) is 2. The topological polar surface area (TPSA) is 93.1 Å². The molecule has 0 bridgehead atoms. The van der Waals surface area contributed by atoms with Gasteiger partial charge in [-0.25, -0.2) is 0 Å². The number of hydrogen-bond acceptors (Lipinski definition) is 6. The molecule has 0 spiro atoms. The smallest absolute Gasteiger partial charge is 0.309 e. The number of allylic oxidation sites excluding steroid dienone is 2. The molecule has 0 aromatic rings. The Balaban J connectivity index is 1.68. The predicted octanol–water partition coefficient (Wildman–Crippen LogP) is 20.3. The van der Waals surface area contributed by atoms with Gasteiger partial charge in [0.05, 0.1) is 31.0 Å². The minimum absolute atomic E-state index is 0.00483. The molecule has 1 aliphatic heterocycles. The van der Waals surface area contributed by atoms with E-state index in [9.17, 15) is 19.8 Å².